The van der Waals surface area contributed by atoms with Gasteiger partial charge in [0.15, 0.2) is 0 Å². The third-order valence-corrected chi connectivity index (χ3v) is 4.25. The number of hydrogen-bond donors (Lipinski definition) is 0. The van der Waals surface area contributed by atoms with Crippen LogP contribution in [0.25, 0.3) is 22.6 Å². The van der Waals surface area contributed by atoms with Crippen LogP contribution >= 0.6 is 22.6 Å². The van der Waals surface area contributed by atoms with Crippen molar-refractivity contribution in [3.8, 4) is 5.75 Å². The largest absolute Gasteiger partial charge is 0.456 e. The highest BCUT2D eigenvalue weighted by molar-refractivity contribution is 14.1. The summed E-state index contributed by atoms with van der Waals surface area (Å²) in [6.45, 7) is 0. The molecule has 0 saturated heterocycles. The van der Waals surface area contributed by atoms with Crippen molar-refractivity contribution in [2.75, 3.05) is 0 Å². The maximum atomic E-state index is 6.09. The average molecular weight is 370 g/mol. The predicted molar refractivity (Wildman–Crippen MR) is 91.6 cm³/mol. The summed E-state index contributed by atoms with van der Waals surface area (Å²) in [5.41, 5.74) is 2.33. The SMILES string of the molecule is Ic1ccc(C2=Cc3cccc4cccc(c34)O2)cc1. The highest BCUT2D eigenvalue weighted by Crippen LogP contribution is 2.37. The number of ether oxygens (including phenoxy) is 1. The standard InChI is InChI=1S/C18H11IO/c19-15-9-7-12(8-10-15)17-11-14-5-1-3-13-4-2-6-16(20-17)18(13)14/h1-11H. The Kier molecular flexibility index (Phi) is 2.77. The van der Waals surface area contributed by atoms with E-state index in [2.05, 4.69) is 77.2 Å². The lowest BCUT2D eigenvalue weighted by Gasteiger charge is -2.19. The van der Waals surface area contributed by atoms with Crippen LogP contribution in [0.5, 0.6) is 5.75 Å². The summed E-state index contributed by atoms with van der Waals surface area (Å²) < 4.78 is 7.32. The van der Waals surface area contributed by atoms with Gasteiger partial charge in [-0.05, 0) is 57.8 Å². The molecule has 1 heterocycles. The maximum absolute atomic E-state index is 6.09. The molecule has 0 bridgehead atoms. The molecule has 0 N–H and O–H groups in total. The van der Waals surface area contributed by atoms with E-state index in [1.807, 2.05) is 12.1 Å². The molecule has 0 atom stereocenters. The Bertz CT molecular complexity index is 826. The molecule has 3 aromatic carbocycles. The predicted octanol–water partition coefficient (Wildman–Crippen LogP) is 5.33. The zero-order chi connectivity index (χ0) is 13.5. The van der Waals surface area contributed by atoms with Crippen LogP contribution in [0.4, 0.5) is 0 Å². The zero-order valence-electron chi connectivity index (χ0n) is 10.6. The van der Waals surface area contributed by atoms with E-state index in [0.29, 0.717) is 0 Å². The van der Waals surface area contributed by atoms with Gasteiger partial charge in [-0.2, -0.15) is 0 Å². The van der Waals surface area contributed by atoms with Crippen molar-refractivity contribution < 1.29 is 4.74 Å². The van der Waals surface area contributed by atoms with Crippen LogP contribution in [-0.2, 0) is 0 Å². The first-order valence-electron chi connectivity index (χ1n) is 6.48. The van der Waals surface area contributed by atoms with Gasteiger partial charge in [-0.15, -0.1) is 0 Å². The van der Waals surface area contributed by atoms with E-state index in [0.717, 1.165) is 17.1 Å². The molecule has 96 valence electrons. The lowest BCUT2D eigenvalue weighted by atomic mass is 9.99. The Morgan fingerprint density at radius 2 is 1.55 bits per heavy atom. The summed E-state index contributed by atoms with van der Waals surface area (Å²) in [6, 6.07) is 20.9. The first kappa shape index (κ1) is 12.0. The van der Waals surface area contributed by atoms with Gasteiger partial charge in [0.05, 0.1) is 0 Å². The van der Waals surface area contributed by atoms with Crippen LogP contribution in [0.1, 0.15) is 11.1 Å². The summed E-state index contributed by atoms with van der Waals surface area (Å²) >= 11 is 2.31. The fourth-order valence-electron chi connectivity index (χ4n) is 2.59. The van der Waals surface area contributed by atoms with Crippen LogP contribution in [0.15, 0.2) is 60.7 Å². The molecule has 1 nitrogen and oxygen atoms in total. The fourth-order valence-corrected chi connectivity index (χ4v) is 2.95. The lowest BCUT2D eigenvalue weighted by molar-refractivity contribution is 0.521. The highest BCUT2D eigenvalue weighted by atomic mass is 127. The minimum atomic E-state index is 0.910. The van der Waals surface area contributed by atoms with Gasteiger partial charge in [0.1, 0.15) is 11.5 Å². The van der Waals surface area contributed by atoms with E-state index < -0.39 is 0 Å². The number of rotatable bonds is 1. The Morgan fingerprint density at radius 3 is 2.35 bits per heavy atom. The van der Waals surface area contributed by atoms with E-state index in [1.165, 1.54) is 19.9 Å². The highest BCUT2D eigenvalue weighted by Gasteiger charge is 2.15. The second-order valence-electron chi connectivity index (χ2n) is 4.82. The third-order valence-electron chi connectivity index (χ3n) is 3.53. The quantitative estimate of drug-likeness (QED) is 0.526. The summed E-state index contributed by atoms with van der Waals surface area (Å²) in [4.78, 5) is 0. The fraction of sp³-hybridized carbons (Fsp3) is 0. The van der Waals surface area contributed by atoms with Crippen LogP contribution in [-0.4, -0.2) is 0 Å². The Labute approximate surface area is 131 Å². The van der Waals surface area contributed by atoms with Crippen molar-refractivity contribution >= 4 is 45.2 Å². The first-order valence-corrected chi connectivity index (χ1v) is 7.56. The normalized spacial score (nSPS) is 12.9. The van der Waals surface area contributed by atoms with Gasteiger partial charge in [0, 0.05) is 14.5 Å². The molecule has 0 unspecified atom stereocenters. The zero-order valence-corrected chi connectivity index (χ0v) is 12.8. The minimum absolute atomic E-state index is 0.910. The van der Waals surface area contributed by atoms with Crippen LogP contribution in [0.2, 0.25) is 0 Å². The number of halogens is 1. The Morgan fingerprint density at radius 1 is 0.800 bits per heavy atom. The third kappa shape index (κ3) is 1.91. The van der Waals surface area contributed by atoms with Gasteiger partial charge < -0.3 is 4.74 Å². The Hall–Kier alpha value is -1.81. The van der Waals surface area contributed by atoms with Crippen molar-refractivity contribution in [3.05, 3.63) is 75.4 Å². The molecule has 0 aliphatic carbocycles. The van der Waals surface area contributed by atoms with Crippen molar-refractivity contribution in [1.82, 2.24) is 0 Å². The van der Waals surface area contributed by atoms with E-state index in [9.17, 15) is 0 Å². The average Bonchev–Trinajstić information content (AvgIpc) is 2.48. The van der Waals surface area contributed by atoms with Crippen LogP contribution < -0.4 is 4.74 Å². The van der Waals surface area contributed by atoms with Crippen molar-refractivity contribution in [3.63, 3.8) is 0 Å². The molecule has 0 aromatic heterocycles. The maximum Gasteiger partial charge on any atom is 0.135 e. The smallest absolute Gasteiger partial charge is 0.135 e. The van der Waals surface area contributed by atoms with Gasteiger partial charge in [0.2, 0.25) is 0 Å². The minimum Gasteiger partial charge on any atom is -0.456 e. The summed E-state index contributed by atoms with van der Waals surface area (Å²) in [5.74, 6) is 1.85. The Balaban J connectivity index is 1.92. The topological polar surface area (TPSA) is 9.23 Å². The molecule has 0 amide bonds. The van der Waals surface area contributed by atoms with Gasteiger partial charge in [0.25, 0.3) is 0 Å². The molecule has 1 aliphatic rings. The van der Waals surface area contributed by atoms with Crippen LogP contribution in [0.3, 0.4) is 0 Å². The summed E-state index contributed by atoms with van der Waals surface area (Å²) in [5, 5.41) is 2.42. The molecular weight excluding hydrogens is 359 g/mol. The first-order chi connectivity index (χ1) is 9.81. The molecule has 0 saturated carbocycles. The van der Waals surface area contributed by atoms with Crippen molar-refractivity contribution in [2.24, 2.45) is 0 Å². The van der Waals surface area contributed by atoms with E-state index in [1.54, 1.807) is 0 Å². The van der Waals surface area contributed by atoms with E-state index in [4.69, 9.17) is 4.74 Å². The van der Waals surface area contributed by atoms with Crippen molar-refractivity contribution in [1.29, 1.82) is 0 Å². The molecule has 0 radical (unpaired) electrons. The molecule has 1 aliphatic heterocycles. The monoisotopic (exact) mass is 370 g/mol. The second-order valence-corrected chi connectivity index (χ2v) is 6.06. The molecule has 4 rings (SSSR count). The van der Waals surface area contributed by atoms with Gasteiger partial charge in [-0.1, -0.05) is 42.5 Å². The van der Waals surface area contributed by atoms with Gasteiger partial charge in [-0.3, -0.25) is 0 Å². The second kappa shape index (κ2) is 4.63. The molecule has 0 fully saturated rings. The number of hydrogen-bond acceptors (Lipinski definition) is 1. The summed E-state index contributed by atoms with van der Waals surface area (Å²) in [6.07, 6.45) is 2.12. The lowest BCUT2D eigenvalue weighted by Crippen LogP contribution is -2.00. The van der Waals surface area contributed by atoms with E-state index >= 15 is 0 Å². The molecule has 2 heteroatoms. The molecule has 3 aromatic rings. The number of benzene rings is 3. The van der Waals surface area contributed by atoms with Crippen molar-refractivity contribution in [2.45, 2.75) is 0 Å². The molecular formula is C18H11IO. The van der Waals surface area contributed by atoms with Gasteiger partial charge in [-0.25, -0.2) is 0 Å². The van der Waals surface area contributed by atoms with Crippen LogP contribution in [0, 0.1) is 3.57 Å². The molecule has 0 spiro atoms. The molecule has 20 heavy (non-hydrogen) atoms. The summed E-state index contributed by atoms with van der Waals surface area (Å²) in [7, 11) is 0. The van der Waals surface area contributed by atoms with Gasteiger partial charge >= 0.3 is 0 Å². The van der Waals surface area contributed by atoms with E-state index in [-0.39, 0.29) is 0 Å².